The van der Waals surface area contributed by atoms with E-state index in [2.05, 4.69) is 15.6 Å². The van der Waals surface area contributed by atoms with Crippen molar-refractivity contribution in [3.05, 3.63) is 53.6 Å². The van der Waals surface area contributed by atoms with Crippen LogP contribution in [0.15, 0.2) is 47.5 Å². The number of aromatic hydroxyl groups is 1. The van der Waals surface area contributed by atoms with Gasteiger partial charge < -0.3 is 25.2 Å². The molecule has 2 aromatic carbocycles. The fourth-order valence-corrected chi connectivity index (χ4v) is 2.29. The molecular weight excluding hydrogens is 445 g/mol. The van der Waals surface area contributed by atoms with Crippen LogP contribution in [-0.4, -0.2) is 31.8 Å². The molecule has 0 unspecified atom stereocenters. The number of hydrogen-bond donors (Lipinski definition) is 3. The molecule has 0 radical (unpaired) electrons. The summed E-state index contributed by atoms with van der Waals surface area (Å²) < 4.78 is 10.6. The van der Waals surface area contributed by atoms with Crippen molar-refractivity contribution in [2.45, 2.75) is 20.0 Å². The quantitative estimate of drug-likeness (QED) is 0.329. The molecule has 0 atom stereocenters. The number of phenols is 1. The summed E-state index contributed by atoms with van der Waals surface area (Å²) in [5.41, 5.74) is 2.09. The Labute approximate surface area is 171 Å². The first kappa shape index (κ1) is 21.9. The number of nitrogens with zero attached hydrogens (tertiary/aromatic N) is 1. The highest BCUT2D eigenvalue weighted by atomic mass is 127. The van der Waals surface area contributed by atoms with Crippen molar-refractivity contribution in [2.24, 2.45) is 4.99 Å². The van der Waals surface area contributed by atoms with Crippen molar-refractivity contribution < 1.29 is 14.6 Å². The second-order valence-electron chi connectivity index (χ2n) is 5.40. The summed E-state index contributed by atoms with van der Waals surface area (Å²) in [5, 5.41) is 15.8. The van der Waals surface area contributed by atoms with Gasteiger partial charge in [-0.25, -0.2) is 4.99 Å². The van der Waals surface area contributed by atoms with Gasteiger partial charge in [-0.1, -0.05) is 18.2 Å². The van der Waals surface area contributed by atoms with Crippen molar-refractivity contribution in [3.8, 4) is 17.2 Å². The molecule has 0 aliphatic rings. The van der Waals surface area contributed by atoms with E-state index in [-0.39, 0.29) is 29.7 Å². The van der Waals surface area contributed by atoms with Crippen molar-refractivity contribution in [1.82, 2.24) is 10.6 Å². The number of phenolic OH excluding ortho intramolecular Hbond substituents is 1. The van der Waals surface area contributed by atoms with E-state index in [1.165, 1.54) is 0 Å². The van der Waals surface area contributed by atoms with Crippen LogP contribution >= 0.6 is 24.0 Å². The standard InChI is InChI=1S/C19H25N3O3.HI/c1-4-20-19(21-12-14-5-8-16(23)9-6-14)22-13-15-7-10-17(24-2)18(11-15)25-3;/h5-11,23H,4,12-13H2,1-3H3,(H2,20,21,22);1H. The zero-order valence-corrected chi connectivity index (χ0v) is 17.6. The van der Waals surface area contributed by atoms with Gasteiger partial charge in [-0.2, -0.15) is 0 Å². The predicted molar refractivity (Wildman–Crippen MR) is 115 cm³/mol. The molecule has 0 spiro atoms. The van der Waals surface area contributed by atoms with E-state index in [4.69, 9.17) is 9.47 Å². The minimum absolute atomic E-state index is 0. The third-order valence-electron chi connectivity index (χ3n) is 3.61. The summed E-state index contributed by atoms with van der Waals surface area (Å²) in [7, 11) is 3.24. The van der Waals surface area contributed by atoms with E-state index in [0.29, 0.717) is 24.6 Å². The van der Waals surface area contributed by atoms with Crippen molar-refractivity contribution in [2.75, 3.05) is 20.8 Å². The van der Waals surface area contributed by atoms with E-state index >= 15 is 0 Å². The van der Waals surface area contributed by atoms with Crippen LogP contribution in [0.3, 0.4) is 0 Å². The molecule has 0 aliphatic carbocycles. The minimum atomic E-state index is 0. The van der Waals surface area contributed by atoms with Gasteiger partial charge in [0.05, 0.1) is 20.8 Å². The van der Waals surface area contributed by atoms with Gasteiger partial charge in [0.2, 0.25) is 0 Å². The van der Waals surface area contributed by atoms with Gasteiger partial charge in [0.1, 0.15) is 5.75 Å². The summed E-state index contributed by atoms with van der Waals surface area (Å²) in [6.07, 6.45) is 0. The molecule has 2 rings (SSSR count). The lowest BCUT2D eigenvalue weighted by Gasteiger charge is -2.12. The number of benzene rings is 2. The highest BCUT2D eigenvalue weighted by Gasteiger charge is 2.05. The fraction of sp³-hybridized carbons (Fsp3) is 0.316. The molecule has 0 saturated carbocycles. The smallest absolute Gasteiger partial charge is 0.191 e. The number of nitrogens with one attached hydrogen (secondary N) is 2. The molecule has 0 heterocycles. The van der Waals surface area contributed by atoms with E-state index in [1.807, 2.05) is 37.3 Å². The largest absolute Gasteiger partial charge is 0.508 e. The number of guanidine groups is 1. The van der Waals surface area contributed by atoms with E-state index in [1.54, 1.807) is 26.4 Å². The Bertz CT molecular complexity index is 706. The molecule has 0 aliphatic heterocycles. The van der Waals surface area contributed by atoms with E-state index in [9.17, 15) is 5.11 Å². The Morgan fingerprint density at radius 1 is 0.962 bits per heavy atom. The Hall–Kier alpha value is -2.16. The average molecular weight is 471 g/mol. The topological polar surface area (TPSA) is 75.1 Å². The van der Waals surface area contributed by atoms with Crippen LogP contribution in [0, 0.1) is 0 Å². The molecule has 0 saturated heterocycles. The molecule has 0 bridgehead atoms. The second kappa shape index (κ2) is 11.5. The zero-order chi connectivity index (χ0) is 18.1. The maximum atomic E-state index is 9.33. The van der Waals surface area contributed by atoms with Crippen molar-refractivity contribution in [3.63, 3.8) is 0 Å². The van der Waals surface area contributed by atoms with Crippen LogP contribution in [0.4, 0.5) is 0 Å². The summed E-state index contributed by atoms with van der Waals surface area (Å²) in [6.45, 7) is 3.94. The predicted octanol–water partition coefficient (Wildman–Crippen LogP) is 3.28. The van der Waals surface area contributed by atoms with Crippen LogP contribution in [-0.2, 0) is 13.1 Å². The summed E-state index contributed by atoms with van der Waals surface area (Å²) >= 11 is 0. The minimum Gasteiger partial charge on any atom is -0.508 e. The zero-order valence-electron chi connectivity index (χ0n) is 15.3. The normalized spacial score (nSPS) is 10.7. The SMILES string of the molecule is CCNC(=NCc1ccc(OC)c(OC)c1)NCc1ccc(O)cc1.I. The molecule has 3 N–H and O–H groups in total. The molecule has 0 amide bonds. The maximum absolute atomic E-state index is 9.33. The Balaban J connectivity index is 0.00000338. The van der Waals surface area contributed by atoms with Crippen molar-refractivity contribution >= 4 is 29.9 Å². The molecule has 7 heteroatoms. The average Bonchev–Trinajstić information content (AvgIpc) is 2.65. The lowest BCUT2D eigenvalue weighted by atomic mass is 10.2. The van der Waals surface area contributed by atoms with Crippen LogP contribution in [0.2, 0.25) is 0 Å². The van der Waals surface area contributed by atoms with Crippen LogP contribution in [0.1, 0.15) is 18.1 Å². The fourth-order valence-electron chi connectivity index (χ4n) is 2.29. The highest BCUT2D eigenvalue weighted by molar-refractivity contribution is 14.0. The first-order valence-corrected chi connectivity index (χ1v) is 8.17. The molecule has 0 aromatic heterocycles. The van der Waals surface area contributed by atoms with Gasteiger partial charge >= 0.3 is 0 Å². The second-order valence-corrected chi connectivity index (χ2v) is 5.40. The number of ether oxygens (including phenoxy) is 2. The third-order valence-corrected chi connectivity index (χ3v) is 3.61. The summed E-state index contributed by atoms with van der Waals surface area (Å²) in [5.74, 6) is 2.38. The monoisotopic (exact) mass is 471 g/mol. The van der Waals surface area contributed by atoms with Gasteiger partial charge in [-0.05, 0) is 42.3 Å². The molecule has 142 valence electrons. The maximum Gasteiger partial charge on any atom is 0.191 e. The van der Waals surface area contributed by atoms with Gasteiger partial charge in [0.25, 0.3) is 0 Å². The van der Waals surface area contributed by atoms with Gasteiger partial charge in [-0.15, -0.1) is 24.0 Å². The molecule has 26 heavy (non-hydrogen) atoms. The molecular formula is C19H26IN3O3. The van der Waals surface area contributed by atoms with E-state index < -0.39 is 0 Å². The van der Waals surface area contributed by atoms with Crippen molar-refractivity contribution in [1.29, 1.82) is 0 Å². The highest BCUT2D eigenvalue weighted by Crippen LogP contribution is 2.27. The lowest BCUT2D eigenvalue weighted by molar-refractivity contribution is 0.354. The summed E-state index contributed by atoms with van der Waals surface area (Å²) in [6, 6.07) is 12.9. The molecule has 2 aromatic rings. The third kappa shape index (κ3) is 6.62. The number of aliphatic imine (C=N–C) groups is 1. The van der Waals surface area contributed by atoms with Crippen LogP contribution in [0.5, 0.6) is 17.2 Å². The van der Waals surface area contributed by atoms with Crippen LogP contribution < -0.4 is 20.1 Å². The van der Waals surface area contributed by atoms with Crippen LogP contribution in [0.25, 0.3) is 0 Å². The van der Waals surface area contributed by atoms with Gasteiger partial charge in [-0.3, -0.25) is 0 Å². The number of rotatable bonds is 7. The number of methoxy groups -OCH3 is 2. The van der Waals surface area contributed by atoms with Gasteiger partial charge in [0.15, 0.2) is 17.5 Å². The Morgan fingerprint density at radius 3 is 2.23 bits per heavy atom. The molecule has 6 nitrogen and oxygen atoms in total. The Kier molecular flexibility index (Phi) is 9.64. The van der Waals surface area contributed by atoms with E-state index in [0.717, 1.165) is 23.6 Å². The lowest BCUT2D eigenvalue weighted by Crippen LogP contribution is -2.36. The number of hydrogen-bond acceptors (Lipinski definition) is 4. The summed E-state index contributed by atoms with van der Waals surface area (Å²) in [4.78, 5) is 4.60. The Morgan fingerprint density at radius 2 is 1.62 bits per heavy atom. The first-order valence-electron chi connectivity index (χ1n) is 8.17. The first-order chi connectivity index (χ1) is 12.2. The number of halogens is 1. The molecule has 0 fully saturated rings. The van der Waals surface area contributed by atoms with Gasteiger partial charge in [0, 0.05) is 13.1 Å².